The zero-order valence-corrected chi connectivity index (χ0v) is 15.9. The molecule has 2 heterocycles. The lowest BCUT2D eigenvalue weighted by molar-refractivity contribution is 0.0923. The first-order chi connectivity index (χ1) is 12.5. The highest BCUT2D eigenvalue weighted by molar-refractivity contribution is 7.12. The molecule has 0 spiro atoms. The summed E-state index contributed by atoms with van der Waals surface area (Å²) in [7, 11) is 0. The molecule has 3 aromatic rings. The number of thiophene rings is 1. The third-order valence-corrected chi connectivity index (χ3v) is 5.85. The number of aromatic nitrogens is 2. The van der Waals surface area contributed by atoms with Crippen LogP contribution in [0.2, 0.25) is 0 Å². The lowest BCUT2D eigenvalue weighted by Gasteiger charge is -2.36. The molecular weight excluding hydrogens is 342 g/mol. The summed E-state index contributed by atoms with van der Waals surface area (Å²) in [5, 5.41) is 9.81. The predicted octanol–water partition coefficient (Wildman–Crippen LogP) is 4.44. The van der Waals surface area contributed by atoms with Gasteiger partial charge in [0, 0.05) is 11.3 Å². The maximum absolute atomic E-state index is 12.6. The monoisotopic (exact) mass is 365 g/mol. The second kappa shape index (κ2) is 6.72. The summed E-state index contributed by atoms with van der Waals surface area (Å²) in [5.74, 6) is 0.00413. The molecule has 134 valence electrons. The Bertz CT molecular complexity index is 897. The molecule has 0 radical (unpaired) electrons. The molecule has 1 amide bonds. The van der Waals surface area contributed by atoms with E-state index in [4.69, 9.17) is 0 Å². The van der Waals surface area contributed by atoms with Crippen LogP contribution in [0.1, 0.15) is 52.8 Å². The van der Waals surface area contributed by atoms with Crippen LogP contribution in [-0.4, -0.2) is 15.7 Å². The zero-order chi connectivity index (χ0) is 18.1. The zero-order valence-electron chi connectivity index (χ0n) is 15.1. The van der Waals surface area contributed by atoms with Crippen LogP contribution in [0.3, 0.4) is 0 Å². The average molecular weight is 366 g/mol. The first-order valence-electron chi connectivity index (χ1n) is 8.95. The SMILES string of the molecule is CC1(C)Cc2c(cnn2Cc2ccccc2)[C@H](NC(=O)c2cccs2)C1. The Hall–Kier alpha value is -2.40. The molecular formula is C21H23N3OS. The summed E-state index contributed by atoms with van der Waals surface area (Å²) >= 11 is 1.47. The van der Waals surface area contributed by atoms with Crippen molar-refractivity contribution < 1.29 is 4.79 Å². The van der Waals surface area contributed by atoms with Crippen LogP contribution in [-0.2, 0) is 13.0 Å². The Labute approximate surface area is 157 Å². The number of amides is 1. The molecule has 4 rings (SSSR count). The number of hydrogen-bond acceptors (Lipinski definition) is 3. The molecule has 0 fully saturated rings. The maximum atomic E-state index is 12.6. The van der Waals surface area contributed by atoms with E-state index in [-0.39, 0.29) is 17.4 Å². The van der Waals surface area contributed by atoms with Gasteiger partial charge in [-0.15, -0.1) is 11.3 Å². The van der Waals surface area contributed by atoms with E-state index in [1.54, 1.807) is 0 Å². The van der Waals surface area contributed by atoms with Gasteiger partial charge in [0.25, 0.3) is 5.91 Å². The van der Waals surface area contributed by atoms with Crippen molar-refractivity contribution in [1.82, 2.24) is 15.1 Å². The van der Waals surface area contributed by atoms with Crippen molar-refractivity contribution in [2.75, 3.05) is 0 Å². The minimum Gasteiger partial charge on any atom is -0.344 e. The Kier molecular flexibility index (Phi) is 4.41. The van der Waals surface area contributed by atoms with Gasteiger partial charge in [0.2, 0.25) is 0 Å². The summed E-state index contributed by atoms with van der Waals surface area (Å²) in [5.41, 5.74) is 3.75. The second-order valence-electron chi connectivity index (χ2n) is 7.74. The summed E-state index contributed by atoms with van der Waals surface area (Å²) < 4.78 is 2.09. The molecule has 0 aliphatic heterocycles. The summed E-state index contributed by atoms with van der Waals surface area (Å²) in [4.78, 5) is 13.3. The van der Waals surface area contributed by atoms with Crippen LogP contribution in [0.15, 0.2) is 54.0 Å². The lowest BCUT2D eigenvalue weighted by Crippen LogP contribution is -2.36. The third kappa shape index (κ3) is 3.44. The quantitative estimate of drug-likeness (QED) is 0.743. The minimum atomic E-state index is 0.00413. The minimum absolute atomic E-state index is 0.00413. The smallest absolute Gasteiger partial charge is 0.261 e. The molecule has 1 aromatic carbocycles. The maximum Gasteiger partial charge on any atom is 0.261 e. The number of benzene rings is 1. The van der Waals surface area contributed by atoms with Gasteiger partial charge in [-0.05, 0) is 35.3 Å². The van der Waals surface area contributed by atoms with Gasteiger partial charge in [-0.2, -0.15) is 5.10 Å². The third-order valence-electron chi connectivity index (χ3n) is 4.98. The van der Waals surface area contributed by atoms with Crippen molar-refractivity contribution in [2.24, 2.45) is 5.41 Å². The predicted molar refractivity (Wildman–Crippen MR) is 104 cm³/mol. The molecule has 5 heteroatoms. The fraction of sp³-hybridized carbons (Fsp3) is 0.333. The molecule has 4 nitrogen and oxygen atoms in total. The number of carbonyl (C=O) groups excluding carboxylic acids is 1. The number of fused-ring (bicyclic) bond motifs is 1. The van der Waals surface area contributed by atoms with E-state index >= 15 is 0 Å². The van der Waals surface area contributed by atoms with Crippen LogP contribution in [0.4, 0.5) is 0 Å². The van der Waals surface area contributed by atoms with Gasteiger partial charge in [-0.3, -0.25) is 9.48 Å². The fourth-order valence-corrected chi connectivity index (χ4v) is 4.38. The van der Waals surface area contributed by atoms with Crippen molar-refractivity contribution in [3.05, 3.63) is 75.7 Å². The summed E-state index contributed by atoms with van der Waals surface area (Å²) in [6, 6.07) is 14.2. The van der Waals surface area contributed by atoms with E-state index in [1.807, 2.05) is 29.8 Å². The molecule has 26 heavy (non-hydrogen) atoms. The fourth-order valence-electron chi connectivity index (χ4n) is 3.76. The number of hydrogen-bond donors (Lipinski definition) is 1. The van der Waals surface area contributed by atoms with Gasteiger partial charge in [0.1, 0.15) is 0 Å². The van der Waals surface area contributed by atoms with Crippen molar-refractivity contribution in [1.29, 1.82) is 0 Å². The highest BCUT2D eigenvalue weighted by Gasteiger charge is 2.35. The van der Waals surface area contributed by atoms with Gasteiger partial charge in [-0.1, -0.05) is 50.2 Å². The van der Waals surface area contributed by atoms with E-state index in [0.29, 0.717) is 0 Å². The molecule has 2 aromatic heterocycles. The van der Waals surface area contributed by atoms with Crippen molar-refractivity contribution in [3.63, 3.8) is 0 Å². The van der Waals surface area contributed by atoms with Crippen LogP contribution >= 0.6 is 11.3 Å². The van der Waals surface area contributed by atoms with Crippen LogP contribution in [0.25, 0.3) is 0 Å². The van der Waals surface area contributed by atoms with Crippen molar-refractivity contribution in [2.45, 2.75) is 39.3 Å². The van der Waals surface area contributed by atoms with Gasteiger partial charge in [0.05, 0.1) is 23.7 Å². The van der Waals surface area contributed by atoms with Gasteiger partial charge in [-0.25, -0.2) is 0 Å². The van der Waals surface area contributed by atoms with E-state index in [0.717, 1.165) is 29.8 Å². The Morgan fingerprint density at radius 3 is 2.81 bits per heavy atom. The van der Waals surface area contributed by atoms with Gasteiger partial charge in [0.15, 0.2) is 0 Å². The van der Waals surface area contributed by atoms with Crippen LogP contribution < -0.4 is 5.32 Å². The first-order valence-corrected chi connectivity index (χ1v) is 9.83. The molecule has 1 aliphatic carbocycles. The summed E-state index contributed by atoms with van der Waals surface area (Å²) in [6.07, 6.45) is 3.83. The van der Waals surface area contributed by atoms with Crippen LogP contribution in [0, 0.1) is 5.41 Å². The van der Waals surface area contributed by atoms with Gasteiger partial charge >= 0.3 is 0 Å². The topological polar surface area (TPSA) is 46.9 Å². The van der Waals surface area contributed by atoms with Gasteiger partial charge < -0.3 is 5.32 Å². The van der Waals surface area contributed by atoms with Crippen molar-refractivity contribution >= 4 is 17.2 Å². The number of nitrogens with one attached hydrogen (secondary N) is 1. The molecule has 1 atom stereocenters. The Balaban J connectivity index is 1.62. The Morgan fingerprint density at radius 1 is 1.27 bits per heavy atom. The van der Waals surface area contributed by atoms with E-state index < -0.39 is 0 Å². The highest BCUT2D eigenvalue weighted by atomic mass is 32.1. The van der Waals surface area contributed by atoms with Crippen LogP contribution in [0.5, 0.6) is 0 Å². The normalized spacial score (nSPS) is 18.3. The molecule has 1 N–H and O–H groups in total. The average Bonchev–Trinajstić information content (AvgIpc) is 3.26. The molecule has 0 saturated heterocycles. The van der Waals surface area contributed by atoms with E-state index in [2.05, 4.69) is 53.2 Å². The Morgan fingerprint density at radius 2 is 2.08 bits per heavy atom. The first kappa shape index (κ1) is 17.0. The molecule has 1 aliphatic rings. The number of nitrogens with zero attached hydrogens (tertiary/aromatic N) is 2. The number of carbonyl (C=O) groups is 1. The highest BCUT2D eigenvalue weighted by Crippen LogP contribution is 2.41. The molecule has 0 bridgehead atoms. The lowest BCUT2D eigenvalue weighted by atomic mass is 9.74. The summed E-state index contributed by atoms with van der Waals surface area (Å²) in [6.45, 7) is 5.29. The second-order valence-corrected chi connectivity index (χ2v) is 8.69. The molecule has 0 saturated carbocycles. The molecule has 0 unspecified atom stereocenters. The van der Waals surface area contributed by atoms with E-state index in [1.165, 1.54) is 22.6 Å². The van der Waals surface area contributed by atoms with E-state index in [9.17, 15) is 4.79 Å². The largest absolute Gasteiger partial charge is 0.344 e. The van der Waals surface area contributed by atoms with Crippen molar-refractivity contribution in [3.8, 4) is 0 Å². The number of rotatable bonds is 4. The standard InChI is InChI=1S/C21H23N3OS/c1-21(2)11-17(23-20(25)19-9-6-10-26-19)16-13-22-24(18(16)12-21)14-15-7-4-3-5-8-15/h3-10,13,17H,11-12,14H2,1-2H3,(H,23,25)/t17-/m1/s1.